The van der Waals surface area contributed by atoms with Crippen LogP contribution in [-0.2, 0) is 9.53 Å². The predicted octanol–water partition coefficient (Wildman–Crippen LogP) is 6.08. The van der Waals surface area contributed by atoms with Crippen molar-refractivity contribution in [3.8, 4) is 0 Å². The third-order valence-electron chi connectivity index (χ3n) is 3.60. The van der Waals surface area contributed by atoms with Gasteiger partial charge in [0.25, 0.3) is 0 Å². The fraction of sp³-hybridized carbons (Fsp3) is 0.769. The van der Waals surface area contributed by atoms with Crippen LogP contribution in [-0.4, -0.2) is 48.9 Å². The van der Waals surface area contributed by atoms with Gasteiger partial charge in [-0.25, -0.2) is 4.79 Å². The normalized spacial score (nSPS) is 15.2. The lowest BCUT2D eigenvalue weighted by molar-refractivity contribution is -0.507. The topological polar surface area (TPSA) is 26.3 Å². The van der Waals surface area contributed by atoms with E-state index in [-0.39, 0.29) is 0 Å². The maximum Gasteiger partial charge on any atom is 0.418 e. The fourth-order valence-corrected chi connectivity index (χ4v) is 2.03. The molecule has 0 aromatic carbocycles. The molecule has 0 aliphatic heterocycles. The van der Waals surface area contributed by atoms with Crippen molar-refractivity contribution >= 4 is 5.97 Å². The maximum absolute atomic E-state index is 13.7. The lowest BCUT2D eigenvalue weighted by atomic mass is 9.73. The lowest BCUT2D eigenvalue weighted by Gasteiger charge is -2.46. The van der Waals surface area contributed by atoms with Crippen LogP contribution in [0.3, 0.4) is 0 Å². The first kappa shape index (κ1) is 28.2. The zero-order valence-electron chi connectivity index (χ0n) is 14.1. The molecular weight excluding hydrogens is 473 g/mol. The molecule has 0 N–H and O–H groups in total. The van der Waals surface area contributed by atoms with Gasteiger partial charge in [0.15, 0.2) is 0 Å². The van der Waals surface area contributed by atoms with Gasteiger partial charge in [0.2, 0.25) is 0 Å². The second kappa shape index (κ2) is 7.69. The van der Waals surface area contributed by atoms with Crippen molar-refractivity contribution in [2.75, 3.05) is 6.61 Å². The Bertz CT molecular complexity index is 617. The number of rotatable bonds is 7. The van der Waals surface area contributed by atoms with E-state index in [1.165, 1.54) is 0 Å². The number of halogens is 15. The molecule has 0 atom stereocenters. The van der Waals surface area contributed by atoms with Crippen LogP contribution in [0.5, 0.6) is 0 Å². The van der Waals surface area contributed by atoms with E-state index in [1.54, 1.807) is 0 Å². The van der Waals surface area contributed by atoms with Crippen molar-refractivity contribution in [3.05, 3.63) is 12.2 Å². The number of hydrogen-bond donors (Lipinski definition) is 0. The standard InChI is InChI=1S/C13H9F15O2/c1-5(2)6(29)30-4-3-7(14,15)9(16,17)10(18,19)8(11(20,21)22,12(23,24)25)13(26,27)28/h1,3-4H2,2H3. The summed E-state index contributed by atoms with van der Waals surface area (Å²) in [6.07, 6.45) is -27.6. The van der Waals surface area contributed by atoms with Gasteiger partial charge in [-0.1, -0.05) is 6.58 Å². The minimum absolute atomic E-state index is 0.569. The van der Waals surface area contributed by atoms with Crippen LogP contribution in [0.2, 0.25) is 0 Å². The van der Waals surface area contributed by atoms with Crippen LogP contribution >= 0.6 is 0 Å². The van der Waals surface area contributed by atoms with Gasteiger partial charge >= 0.3 is 47.7 Å². The number of carbonyl (C=O) groups is 1. The van der Waals surface area contributed by atoms with Gasteiger partial charge in [-0.05, 0) is 6.92 Å². The van der Waals surface area contributed by atoms with E-state index in [4.69, 9.17) is 0 Å². The first-order valence-electron chi connectivity index (χ1n) is 6.99. The van der Waals surface area contributed by atoms with Crippen LogP contribution < -0.4 is 0 Å². The molecule has 0 heterocycles. The molecule has 0 bridgehead atoms. The molecule has 17 heteroatoms. The summed E-state index contributed by atoms with van der Waals surface area (Å²) < 4.78 is 199. The summed E-state index contributed by atoms with van der Waals surface area (Å²) in [5.41, 5.74) is -9.12. The van der Waals surface area contributed by atoms with Crippen LogP contribution in [0.15, 0.2) is 12.2 Å². The zero-order chi connectivity index (χ0) is 24.8. The Hall–Kier alpha value is -1.84. The van der Waals surface area contributed by atoms with Crippen molar-refractivity contribution in [2.45, 2.75) is 49.6 Å². The summed E-state index contributed by atoms with van der Waals surface area (Å²) in [5, 5.41) is 0. The molecular formula is C13H9F15O2. The second-order valence-electron chi connectivity index (χ2n) is 5.76. The minimum atomic E-state index is -8.55. The van der Waals surface area contributed by atoms with Crippen LogP contribution in [0, 0.1) is 5.41 Å². The Morgan fingerprint density at radius 1 is 0.700 bits per heavy atom. The summed E-state index contributed by atoms with van der Waals surface area (Å²) >= 11 is 0. The van der Waals surface area contributed by atoms with E-state index < -0.39 is 66.3 Å². The average Bonchev–Trinajstić information content (AvgIpc) is 2.41. The molecule has 0 saturated carbocycles. The number of esters is 1. The Morgan fingerprint density at radius 3 is 1.30 bits per heavy atom. The summed E-state index contributed by atoms with van der Waals surface area (Å²) in [4.78, 5) is 10.9. The third-order valence-corrected chi connectivity index (χ3v) is 3.60. The molecule has 0 saturated heterocycles. The molecule has 178 valence electrons. The van der Waals surface area contributed by atoms with Gasteiger partial charge in [-0.3, -0.25) is 0 Å². The van der Waals surface area contributed by atoms with Crippen LogP contribution in [0.25, 0.3) is 0 Å². The SMILES string of the molecule is C=C(C)C(=O)OCCC(F)(F)C(F)(F)C(F)(F)C(C(F)(F)F)(C(F)(F)F)C(F)(F)F. The number of ether oxygens (including phenoxy) is 1. The van der Waals surface area contributed by atoms with Gasteiger partial charge in [0, 0.05) is 5.57 Å². The van der Waals surface area contributed by atoms with Gasteiger partial charge < -0.3 is 4.74 Å². The quantitative estimate of drug-likeness (QED) is 0.250. The Morgan fingerprint density at radius 2 is 1.03 bits per heavy atom. The van der Waals surface area contributed by atoms with Crippen LogP contribution in [0.1, 0.15) is 13.3 Å². The molecule has 0 amide bonds. The number of alkyl halides is 15. The summed E-state index contributed by atoms with van der Waals surface area (Å²) in [7, 11) is 0. The smallest absolute Gasteiger partial charge is 0.418 e. The largest absolute Gasteiger partial charge is 0.462 e. The second-order valence-corrected chi connectivity index (χ2v) is 5.76. The van der Waals surface area contributed by atoms with Gasteiger partial charge in [0.1, 0.15) is 0 Å². The van der Waals surface area contributed by atoms with E-state index in [0.717, 1.165) is 6.92 Å². The molecule has 0 aliphatic rings. The fourth-order valence-electron chi connectivity index (χ4n) is 2.03. The van der Waals surface area contributed by atoms with Gasteiger partial charge in [0.05, 0.1) is 13.0 Å². The van der Waals surface area contributed by atoms with Crippen molar-refractivity contribution in [1.82, 2.24) is 0 Å². The highest BCUT2D eigenvalue weighted by atomic mass is 19.4. The molecule has 0 aliphatic carbocycles. The molecule has 30 heavy (non-hydrogen) atoms. The van der Waals surface area contributed by atoms with E-state index in [1.807, 2.05) is 0 Å². The Kier molecular flexibility index (Phi) is 7.22. The highest BCUT2D eigenvalue weighted by molar-refractivity contribution is 5.86. The van der Waals surface area contributed by atoms with Gasteiger partial charge in [-0.2, -0.15) is 65.9 Å². The van der Waals surface area contributed by atoms with Crippen molar-refractivity contribution in [1.29, 1.82) is 0 Å². The van der Waals surface area contributed by atoms with Crippen molar-refractivity contribution < 1.29 is 75.4 Å². The maximum atomic E-state index is 13.7. The first-order chi connectivity index (χ1) is 12.8. The molecule has 0 spiro atoms. The van der Waals surface area contributed by atoms with E-state index in [2.05, 4.69) is 11.3 Å². The Balaban J connectivity index is 6.59. The van der Waals surface area contributed by atoms with E-state index in [0.29, 0.717) is 0 Å². The minimum Gasteiger partial charge on any atom is -0.462 e. The molecule has 0 rings (SSSR count). The van der Waals surface area contributed by atoms with E-state index >= 15 is 0 Å². The molecule has 0 aromatic heterocycles. The molecule has 0 fully saturated rings. The third kappa shape index (κ3) is 4.15. The summed E-state index contributed by atoms with van der Waals surface area (Å²) in [5.74, 6) is -24.6. The first-order valence-corrected chi connectivity index (χ1v) is 6.99. The highest BCUT2D eigenvalue weighted by Crippen LogP contribution is 2.70. The van der Waals surface area contributed by atoms with Crippen LogP contribution in [0.4, 0.5) is 65.9 Å². The lowest BCUT2D eigenvalue weighted by Crippen LogP contribution is -2.75. The monoisotopic (exact) mass is 482 g/mol. The number of carbonyl (C=O) groups excluding carboxylic acids is 1. The molecule has 0 aromatic rings. The summed E-state index contributed by atoms with van der Waals surface area (Å²) in [6, 6.07) is 0. The molecule has 2 nitrogen and oxygen atoms in total. The van der Waals surface area contributed by atoms with Crippen molar-refractivity contribution in [2.24, 2.45) is 5.41 Å². The molecule has 0 radical (unpaired) electrons. The average molecular weight is 482 g/mol. The molecule has 0 unspecified atom stereocenters. The summed E-state index contributed by atoms with van der Waals surface area (Å²) in [6.45, 7) is 1.75. The predicted molar refractivity (Wildman–Crippen MR) is 65.8 cm³/mol. The van der Waals surface area contributed by atoms with E-state index in [9.17, 15) is 70.7 Å². The Labute approximate surface area is 156 Å². The van der Waals surface area contributed by atoms with Crippen molar-refractivity contribution in [3.63, 3.8) is 0 Å². The van der Waals surface area contributed by atoms with Gasteiger partial charge in [-0.15, -0.1) is 0 Å². The highest BCUT2D eigenvalue weighted by Gasteiger charge is 2.99. The number of hydrogen-bond acceptors (Lipinski definition) is 2. The zero-order valence-corrected chi connectivity index (χ0v) is 14.1.